The molecule has 8 heterocycles. The normalized spacial score (nSPS) is 10.9. The average molecular weight is 796 g/mol. The molecule has 0 aliphatic heterocycles. The lowest BCUT2D eigenvalue weighted by Crippen LogP contribution is -2.09. The number of aromatic hydroxyl groups is 1. The smallest absolute Gasteiger partial charge is 0.353 e. The van der Waals surface area contributed by atoms with Crippen LogP contribution in [-0.2, 0) is 9.47 Å². The van der Waals surface area contributed by atoms with Crippen LogP contribution in [0.1, 0.15) is 61.1 Å². The van der Waals surface area contributed by atoms with Crippen molar-refractivity contribution in [3.8, 4) is 27.0 Å². The highest BCUT2D eigenvalue weighted by Gasteiger charge is 2.20. The van der Waals surface area contributed by atoms with Crippen molar-refractivity contribution in [2.75, 3.05) is 13.2 Å². The number of nitrogens with two attached hydrogens (primary N) is 1. The van der Waals surface area contributed by atoms with Crippen LogP contribution in [0.4, 0.5) is 0 Å². The Morgan fingerprint density at radius 2 is 1.15 bits per heavy atom. The van der Waals surface area contributed by atoms with E-state index in [0.717, 1.165) is 66.3 Å². The summed E-state index contributed by atoms with van der Waals surface area (Å²) < 4.78 is 15.3. The molecule has 282 valence electrons. The molecule has 0 amide bonds. The highest BCUT2D eigenvalue weighted by atomic mass is 32.1. The van der Waals surface area contributed by atoms with Gasteiger partial charge >= 0.3 is 11.9 Å². The second-order valence-electron chi connectivity index (χ2n) is 12.1. The third-order valence-corrected chi connectivity index (χ3v) is 10.7. The number of nitrogens with zero attached hydrogens (tertiary/aromatic N) is 8. The predicted molar refractivity (Wildman–Crippen MR) is 216 cm³/mol. The van der Waals surface area contributed by atoms with Gasteiger partial charge in [0.2, 0.25) is 5.88 Å². The minimum atomic E-state index is -0.555. The first-order valence-corrected chi connectivity index (χ1v) is 19.1. The Balaban J connectivity index is 0.000000145. The average Bonchev–Trinajstić information content (AvgIpc) is 4.01. The number of thiazole rings is 2. The van der Waals surface area contributed by atoms with E-state index in [4.69, 9.17) is 27.4 Å². The molecule has 0 fully saturated rings. The summed E-state index contributed by atoms with van der Waals surface area (Å²) in [6.45, 7) is 12.0. The molecular weight excluding hydrogens is 759 g/mol. The van der Waals surface area contributed by atoms with Gasteiger partial charge in [-0.25, -0.2) is 33.1 Å². The molecule has 17 heteroatoms. The molecule has 8 rings (SSSR count). The van der Waals surface area contributed by atoms with E-state index in [2.05, 4.69) is 25.3 Å². The molecule has 55 heavy (non-hydrogen) atoms. The minimum Gasteiger partial charge on any atom is -0.492 e. The number of carbonyl (C=O) groups excluding carboxylic acids is 2. The van der Waals surface area contributed by atoms with Crippen LogP contribution < -0.4 is 5.73 Å². The molecule has 0 unspecified atom stereocenters. The predicted octanol–water partition coefficient (Wildman–Crippen LogP) is 7.18. The van der Waals surface area contributed by atoms with Gasteiger partial charge in [0.1, 0.15) is 19.9 Å². The SMILES string of the molecule is CCOC(=O)c1sc(-c2ccn3ncc(C)c3c2)nc1C.CCOC(=O)c1sc(-c2ccn3ncc(C)c3c2)nc1O.Cc1cnn2ccc(C(N)=S)cc12. The first-order valence-electron chi connectivity index (χ1n) is 17.0. The topological polar surface area (TPSA) is 177 Å². The maximum Gasteiger partial charge on any atom is 0.353 e. The molecule has 0 atom stereocenters. The largest absolute Gasteiger partial charge is 0.492 e. The van der Waals surface area contributed by atoms with E-state index in [-0.39, 0.29) is 23.3 Å². The van der Waals surface area contributed by atoms with Crippen LogP contribution in [0.5, 0.6) is 5.88 Å². The zero-order valence-corrected chi connectivity index (χ0v) is 33.3. The number of rotatable bonds is 7. The second-order valence-corrected chi connectivity index (χ2v) is 14.6. The van der Waals surface area contributed by atoms with E-state index < -0.39 is 5.97 Å². The summed E-state index contributed by atoms with van der Waals surface area (Å²) in [6, 6.07) is 11.6. The van der Waals surface area contributed by atoms with Gasteiger partial charge < -0.3 is 20.3 Å². The molecular formula is C38H37N9O5S3. The summed E-state index contributed by atoms with van der Waals surface area (Å²) in [7, 11) is 0. The number of aromatic nitrogens is 8. The van der Waals surface area contributed by atoms with Gasteiger partial charge in [-0.3, -0.25) is 0 Å². The summed E-state index contributed by atoms with van der Waals surface area (Å²) in [5.41, 5.74) is 15.2. The summed E-state index contributed by atoms with van der Waals surface area (Å²) in [6.07, 6.45) is 11.0. The lowest BCUT2D eigenvalue weighted by Gasteiger charge is -1.99. The van der Waals surface area contributed by atoms with Gasteiger partial charge in [-0.05, 0) is 94.6 Å². The summed E-state index contributed by atoms with van der Waals surface area (Å²) in [4.78, 5) is 33.2. The molecule has 0 radical (unpaired) electrons. The fraction of sp³-hybridized carbons (Fsp3) is 0.211. The third kappa shape index (κ3) is 8.38. The van der Waals surface area contributed by atoms with Crippen molar-refractivity contribution in [3.05, 3.63) is 111 Å². The van der Waals surface area contributed by atoms with E-state index >= 15 is 0 Å². The molecule has 0 saturated carbocycles. The van der Waals surface area contributed by atoms with Gasteiger partial charge in [0.25, 0.3) is 0 Å². The van der Waals surface area contributed by atoms with Crippen LogP contribution in [0, 0.1) is 27.7 Å². The van der Waals surface area contributed by atoms with Crippen molar-refractivity contribution in [2.45, 2.75) is 41.5 Å². The Labute approximate surface area is 328 Å². The molecule has 8 aromatic rings. The Bertz CT molecular complexity index is 2550. The van der Waals surface area contributed by atoms with Crippen molar-refractivity contribution >= 4 is 68.4 Å². The molecule has 8 aromatic heterocycles. The third-order valence-electron chi connectivity index (χ3n) is 8.25. The molecule has 0 bridgehead atoms. The maximum atomic E-state index is 11.9. The Hall–Kier alpha value is -6.04. The monoisotopic (exact) mass is 795 g/mol. The molecule has 0 spiro atoms. The van der Waals surface area contributed by atoms with Crippen molar-refractivity contribution in [1.29, 1.82) is 0 Å². The molecule has 3 N–H and O–H groups in total. The van der Waals surface area contributed by atoms with E-state index in [1.54, 1.807) is 29.1 Å². The summed E-state index contributed by atoms with van der Waals surface area (Å²) in [5, 5.41) is 23.8. The van der Waals surface area contributed by atoms with Crippen molar-refractivity contribution in [3.63, 3.8) is 0 Å². The number of aryl methyl sites for hydroxylation is 4. The van der Waals surface area contributed by atoms with Gasteiger partial charge in [0.15, 0.2) is 4.88 Å². The zero-order chi connectivity index (χ0) is 39.4. The first kappa shape index (κ1) is 38.7. The molecule has 0 aliphatic rings. The lowest BCUT2D eigenvalue weighted by atomic mass is 10.2. The number of fused-ring (bicyclic) bond motifs is 3. The molecule has 0 saturated heterocycles. The standard InChI is InChI=1S/C15H15N3O2S.C14H13N3O3S.C9H9N3S/c1-4-20-15(19)13-10(3)17-14(21-13)11-5-6-18-12(7-11)9(2)8-16-18;1-3-20-14(19)11-12(18)16-13(21-11)9-4-5-17-10(6-9)8(2)7-15-17;1-6-5-11-12-3-2-7(9(10)13)4-8(6)12/h5-8H,4H2,1-3H3;4-7,18H,3H2,1-2H3;2-5H,1H3,(H2,10,13). The number of carbonyl (C=O) groups is 2. The van der Waals surface area contributed by atoms with Gasteiger partial charge in [-0.2, -0.15) is 15.3 Å². The number of thiocarbonyl (C=S) groups is 1. The van der Waals surface area contributed by atoms with Gasteiger partial charge in [0.05, 0.1) is 54.0 Å². The number of hydrogen-bond acceptors (Lipinski definition) is 13. The van der Waals surface area contributed by atoms with Crippen LogP contribution in [-0.4, -0.2) is 74.1 Å². The fourth-order valence-corrected chi connectivity index (χ4v) is 7.33. The van der Waals surface area contributed by atoms with E-state index in [1.165, 1.54) is 11.3 Å². The highest BCUT2D eigenvalue weighted by molar-refractivity contribution is 7.80. The van der Waals surface area contributed by atoms with Crippen molar-refractivity contribution in [2.24, 2.45) is 5.73 Å². The van der Waals surface area contributed by atoms with E-state index in [0.29, 0.717) is 27.2 Å². The van der Waals surface area contributed by atoms with Gasteiger partial charge in [0, 0.05) is 35.3 Å². The lowest BCUT2D eigenvalue weighted by molar-refractivity contribution is 0.0519. The Morgan fingerprint density at radius 1 is 0.709 bits per heavy atom. The molecule has 0 aliphatic carbocycles. The molecule has 0 aromatic carbocycles. The maximum absolute atomic E-state index is 11.9. The number of esters is 2. The Morgan fingerprint density at radius 3 is 1.64 bits per heavy atom. The second kappa shape index (κ2) is 16.5. The first-order chi connectivity index (χ1) is 26.4. The van der Waals surface area contributed by atoms with E-state index in [9.17, 15) is 14.7 Å². The van der Waals surface area contributed by atoms with Crippen LogP contribution in [0.25, 0.3) is 37.7 Å². The van der Waals surface area contributed by atoms with Gasteiger partial charge in [-0.15, -0.1) is 22.7 Å². The highest BCUT2D eigenvalue weighted by Crippen LogP contribution is 2.33. The fourth-order valence-electron chi connectivity index (χ4n) is 5.40. The number of pyridine rings is 3. The van der Waals surface area contributed by atoms with E-state index in [1.807, 2.05) is 99.6 Å². The number of ether oxygens (including phenoxy) is 2. The molecule has 14 nitrogen and oxygen atoms in total. The van der Waals surface area contributed by atoms with Crippen molar-refractivity contribution < 1.29 is 24.2 Å². The minimum absolute atomic E-state index is 0.122. The van der Waals surface area contributed by atoms with Crippen LogP contribution in [0.3, 0.4) is 0 Å². The Kier molecular flexibility index (Phi) is 11.6. The van der Waals surface area contributed by atoms with Crippen LogP contribution in [0.2, 0.25) is 0 Å². The zero-order valence-electron chi connectivity index (χ0n) is 30.8. The summed E-state index contributed by atoms with van der Waals surface area (Å²) in [5.74, 6) is -1.15. The van der Waals surface area contributed by atoms with Crippen molar-refractivity contribution in [1.82, 2.24) is 38.8 Å². The number of hydrogen-bond donors (Lipinski definition) is 2. The quantitative estimate of drug-likeness (QED) is 0.123. The summed E-state index contributed by atoms with van der Waals surface area (Å²) >= 11 is 7.37. The van der Waals surface area contributed by atoms with Crippen LogP contribution >= 0.6 is 34.9 Å². The van der Waals surface area contributed by atoms with Gasteiger partial charge in [-0.1, -0.05) is 12.2 Å². The van der Waals surface area contributed by atoms with Crippen LogP contribution in [0.15, 0.2) is 73.6 Å².